The Bertz CT molecular complexity index is 448. The Morgan fingerprint density at radius 1 is 1.27 bits per heavy atom. The minimum absolute atomic E-state index is 0.147. The average Bonchev–Trinajstić information content (AvgIpc) is 2.63. The second kappa shape index (κ2) is 3.45. The number of imide groups is 1. The fourth-order valence-electron chi connectivity index (χ4n) is 1.85. The van der Waals surface area contributed by atoms with Crippen molar-refractivity contribution in [1.82, 2.24) is 4.90 Å². The summed E-state index contributed by atoms with van der Waals surface area (Å²) in [6, 6.07) is 0. The first-order valence-corrected chi connectivity index (χ1v) is 5.84. The number of amides is 2. The van der Waals surface area contributed by atoms with Crippen LogP contribution in [-0.2, 0) is 6.42 Å². The topological polar surface area (TPSA) is 37.4 Å². The summed E-state index contributed by atoms with van der Waals surface area (Å²) in [6.07, 6.45) is 1.99. The lowest BCUT2D eigenvalue weighted by molar-refractivity contribution is 0.0694. The lowest BCUT2D eigenvalue weighted by Crippen LogP contribution is -2.24. The summed E-state index contributed by atoms with van der Waals surface area (Å²) in [6.45, 7) is 4.03. The highest BCUT2D eigenvalue weighted by atomic mass is 32.1. The quantitative estimate of drug-likeness (QED) is 0.721. The molecule has 2 amide bonds. The molecule has 2 heterocycles. The number of carbonyl (C=O) groups is 2. The second-order valence-corrected chi connectivity index (χ2v) is 4.88. The molecule has 4 heteroatoms. The van der Waals surface area contributed by atoms with E-state index in [2.05, 4.69) is 6.92 Å². The molecule has 1 aromatic heterocycles. The van der Waals surface area contributed by atoms with E-state index in [0.29, 0.717) is 10.4 Å². The second-order valence-electron chi connectivity index (χ2n) is 3.77. The van der Waals surface area contributed by atoms with Gasteiger partial charge in [0.25, 0.3) is 11.8 Å². The van der Waals surface area contributed by atoms with Gasteiger partial charge < -0.3 is 0 Å². The molecule has 0 spiro atoms. The van der Waals surface area contributed by atoms with Gasteiger partial charge in [-0.05, 0) is 18.9 Å². The molecule has 1 aliphatic rings. The molecule has 1 aromatic rings. The molecule has 0 saturated carbocycles. The molecule has 2 rings (SSSR count). The number of fused-ring (bicyclic) bond motifs is 1. The molecule has 0 aliphatic carbocycles. The van der Waals surface area contributed by atoms with Gasteiger partial charge in [0.1, 0.15) is 4.88 Å². The van der Waals surface area contributed by atoms with Crippen LogP contribution in [0.2, 0.25) is 0 Å². The van der Waals surface area contributed by atoms with E-state index in [0.717, 1.165) is 18.4 Å². The van der Waals surface area contributed by atoms with Crippen LogP contribution >= 0.6 is 11.3 Å². The van der Waals surface area contributed by atoms with E-state index in [1.54, 1.807) is 0 Å². The van der Waals surface area contributed by atoms with E-state index in [4.69, 9.17) is 0 Å². The standard InChI is InChI=1S/C11H13NO2S/c1-4-5-7-6(2)8-9(15-7)11(14)12(3)10(8)13/h4-5H2,1-3H3. The molecule has 1 aliphatic heterocycles. The van der Waals surface area contributed by atoms with Gasteiger partial charge >= 0.3 is 0 Å². The average molecular weight is 223 g/mol. The maximum atomic E-state index is 11.8. The van der Waals surface area contributed by atoms with Crippen molar-refractivity contribution in [3.8, 4) is 0 Å². The minimum Gasteiger partial charge on any atom is -0.277 e. The van der Waals surface area contributed by atoms with Crippen LogP contribution in [0.1, 0.15) is 43.8 Å². The first kappa shape index (κ1) is 10.4. The summed E-state index contributed by atoms with van der Waals surface area (Å²) in [5.74, 6) is -0.295. The zero-order valence-electron chi connectivity index (χ0n) is 9.09. The lowest BCUT2D eigenvalue weighted by Gasteiger charge is -2.06. The maximum absolute atomic E-state index is 11.8. The molecule has 0 radical (unpaired) electrons. The van der Waals surface area contributed by atoms with Gasteiger partial charge in [-0.2, -0.15) is 0 Å². The molecule has 0 N–H and O–H groups in total. The molecule has 0 aromatic carbocycles. The smallest absolute Gasteiger partial charge is 0.271 e. The third-order valence-corrected chi connectivity index (χ3v) is 4.08. The predicted octanol–water partition coefficient (Wildman–Crippen LogP) is 2.23. The Hall–Kier alpha value is -1.16. The summed E-state index contributed by atoms with van der Waals surface area (Å²) in [5, 5.41) is 0. The van der Waals surface area contributed by atoms with Crippen LogP contribution in [0.5, 0.6) is 0 Å². The monoisotopic (exact) mass is 223 g/mol. The number of nitrogens with zero attached hydrogens (tertiary/aromatic N) is 1. The van der Waals surface area contributed by atoms with Crippen LogP contribution in [0, 0.1) is 6.92 Å². The highest BCUT2D eigenvalue weighted by molar-refractivity contribution is 7.15. The third kappa shape index (κ3) is 1.32. The lowest BCUT2D eigenvalue weighted by atomic mass is 10.1. The third-order valence-electron chi connectivity index (χ3n) is 2.74. The summed E-state index contributed by atoms with van der Waals surface area (Å²) < 4.78 is 0. The minimum atomic E-state index is -0.148. The van der Waals surface area contributed by atoms with Crippen LogP contribution in [0.4, 0.5) is 0 Å². The van der Waals surface area contributed by atoms with Crippen molar-refractivity contribution in [3.05, 3.63) is 20.9 Å². The Labute approximate surface area is 92.7 Å². The van der Waals surface area contributed by atoms with E-state index in [9.17, 15) is 9.59 Å². The summed E-state index contributed by atoms with van der Waals surface area (Å²) >= 11 is 1.48. The number of hydrogen-bond acceptors (Lipinski definition) is 3. The van der Waals surface area contributed by atoms with E-state index in [-0.39, 0.29) is 11.8 Å². The fraction of sp³-hybridized carbons (Fsp3) is 0.455. The molecular formula is C11H13NO2S. The molecule has 3 nitrogen and oxygen atoms in total. The normalized spacial score (nSPS) is 15.0. The van der Waals surface area contributed by atoms with Gasteiger partial charge in [-0.1, -0.05) is 13.3 Å². The molecule has 0 saturated heterocycles. The maximum Gasteiger partial charge on any atom is 0.271 e. The van der Waals surface area contributed by atoms with E-state index in [1.807, 2.05) is 6.92 Å². The van der Waals surface area contributed by atoms with Gasteiger partial charge in [-0.15, -0.1) is 11.3 Å². The van der Waals surface area contributed by atoms with Crippen LogP contribution in [-0.4, -0.2) is 23.8 Å². The zero-order chi connectivity index (χ0) is 11.2. The number of aryl methyl sites for hydroxylation is 1. The molecule has 0 fully saturated rings. The van der Waals surface area contributed by atoms with Crippen molar-refractivity contribution >= 4 is 23.2 Å². The summed E-state index contributed by atoms with van der Waals surface area (Å²) in [5.41, 5.74) is 1.63. The molecule has 0 unspecified atom stereocenters. The fourth-order valence-corrected chi connectivity index (χ4v) is 3.22. The van der Waals surface area contributed by atoms with Gasteiger partial charge in [0.05, 0.1) is 5.56 Å². The number of thiophene rings is 1. The predicted molar refractivity (Wildman–Crippen MR) is 59.5 cm³/mol. The van der Waals surface area contributed by atoms with Crippen LogP contribution in [0.15, 0.2) is 0 Å². The Morgan fingerprint density at radius 2 is 1.93 bits per heavy atom. The van der Waals surface area contributed by atoms with Crippen LogP contribution < -0.4 is 0 Å². The molecule has 0 bridgehead atoms. The Morgan fingerprint density at radius 3 is 2.47 bits per heavy atom. The number of rotatable bonds is 2. The van der Waals surface area contributed by atoms with Gasteiger partial charge in [0, 0.05) is 11.9 Å². The van der Waals surface area contributed by atoms with Gasteiger partial charge in [-0.3, -0.25) is 14.5 Å². The van der Waals surface area contributed by atoms with Crippen molar-refractivity contribution in [2.45, 2.75) is 26.7 Å². The van der Waals surface area contributed by atoms with E-state index in [1.165, 1.54) is 28.2 Å². The van der Waals surface area contributed by atoms with Crippen LogP contribution in [0.3, 0.4) is 0 Å². The van der Waals surface area contributed by atoms with Crippen molar-refractivity contribution in [3.63, 3.8) is 0 Å². The largest absolute Gasteiger partial charge is 0.277 e. The zero-order valence-corrected chi connectivity index (χ0v) is 9.90. The summed E-state index contributed by atoms with van der Waals surface area (Å²) in [7, 11) is 1.54. The molecular weight excluding hydrogens is 210 g/mol. The highest BCUT2D eigenvalue weighted by Gasteiger charge is 2.37. The molecule has 80 valence electrons. The van der Waals surface area contributed by atoms with Crippen molar-refractivity contribution in [2.24, 2.45) is 0 Å². The summed E-state index contributed by atoms with van der Waals surface area (Å²) in [4.78, 5) is 26.5. The van der Waals surface area contributed by atoms with Crippen LogP contribution in [0.25, 0.3) is 0 Å². The molecule has 15 heavy (non-hydrogen) atoms. The number of hydrogen-bond donors (Lipinski definition) is 0. The first-order valence-electron chi connectivity index (χ1n) is 5.02. The van der Waals surface area contributed by atoms with Crippen molar-refractivity contribution in [2.75, 3.05) is 7.05 Å². The van der Waals surface area contributed by atoms with Crippen molar-refractivity contribution in [1.29, 1.82) is 0 Å². The highest BCUT2D eigenvalue weighted by Crippen LogP contribution is 2.34. The van der Waals surface area contributed by atoms with E-state index >= 15 is 0 Å². The SMILES string of the molecule is CCCc1sc2c(c1C)C(=O)N(C)C2=O. The van der Waals surface area contributed by atoms with E-state index < -0.39 is 0 Å². The van der Waals surface area contributed by atoms with Gasteiger partial charge in [-0.25, -0.2) is 0 Å². The van der Waals surface area contributed by atoms with Gasteiger partial charge in [0.2, 0.25) is 0 Å². The first-order chi connectivity index (χ1) is 7.07. The Kier molecular flexibility index (Phi) is 2.38. The molecule has 0 atom stereocenters. The number of carbonyl (C=O) groups excluding carboxylic acids is 2. The van der Waals surface area contributed by atoms with Crippen molar-refractivity contribution < 1.29 is 9.59 Å². The van der Waals surface area contributed by atoms with Gasteiger partial charge in [0.15, 0.2) is 0 Å². The Balaban J connectivity index is 2.54.